The Bertz CT molecular complexity index is 557. The number of likely N-dealkylation sites (tertiary alicyclic amines) is 1. The van der Waals surface area contributed by atoms with Crippen LogP contribution in [0.15, 0.2) is 48.5 Å². The molecule has 0 atom stereocenters. The van der Waals surface area contributed by atoms with Gasteiger partial charge in [0.25, 0.3) is 0 Å². The van der Waals surface area contributed by atoms with E-state index in [-0.39, 0.29) is 0 Å². The minimum absolute atomic E-state index is 0.782. The summed E-state index contributed by atoms with van der Waals surface area (Å²) in [5.41, 5.74) is 3.80. The normalized spacial score (nSPS) is 15.3. The van der Waals surface area contributed by atoms with Gasteiger partial charge in [-0.2, -0.15) is 0 Å². The number of nitrogens with zero attached hydrogens (tertiary/aromatic N) is 1. The topological polar surface area (TPSA) is 15.3 Å². The van der Waals surface area contributed by atoms with E-state index in [9.17, 15) is 0 Å². The number of hydrogen-bond donors (Lipinski definition) is 1. The van der Waals surface area contributed by atoms with Crippen LogP contribution in [-0.2, 0) is 13.1 Å². The first kappa shape index (κ1) is 14.4. The van der Waals surface area contributed by atoms with Crippen molar-refractivity contribution in [2.24, 2.45) is 0 Å². The van der Waals surface area contributed by atoms with Crippen molar-refractivity contribution >= 4 is 17.3 Å². The minimum atomic E-state index is 0.782. The van der Waals surface area contributed by atoms with Crippen LogP contribution in [0.25, 0.3) is 0 Å². The average molecular weight is 301 g/mol. The second-order valence-electron chi connectivity index (χ2n) is 5.66. The van der Waals surface area contributed by atoms with Gasteiger partial charge in [0.15, 0.2) is 0 Å². The molecule has 0 aliphatic carbocycles. The molecule has 3 rings (SSSR count). The molecular weight excluding hydrogens is 280 g/mol. The molecule has 0 radical (unpaired) electrons. The SMILES string of the molecule is Clc1ccc(CNc2ccc(CN3CCCC3)cc2)cc1. The average Bonchev–Trinajstić information content (AvgIpc) is 3.01. The Labute approximate surface area is 131 Å². The predicted molar refractivity (Wildman–Crippen MR) is 89.7 cm³/mol. The van der Waals surface area contributed by atoms with Gasteiger partial charge in [0.2, 0.25) is 0 Å². The molecular formula is C18H21ClN2. The molecule has 0 amide bonds. The van der Waals surface area contributed by atoms with E-state index in [2.05, 4.69) is 46.6 Å². The van der Waals surface area contributed by atoms with Crippen LogP contribution >= 0.6 is 11.6 Å². The Morgan fingerprint density at radius 2 is 1.48 bits per heavy atom. The molecule has 0 spiro atoms. The minimum Gasteiger partial charge on any atom is -0.381 e. The van der Waals surface area contributed by atoms with Gasteiger partial charge >= 0.3 is 0 Å². The molecule has 1 saturated heterocycles. The third-order valence-corrected chi connectivity index (χ3v) is 4.22. The molecule has 0 aromatic heterocycles. The molecule has 1 N–H and O–H groups in total. The highest BCUT2D eigenvalue weighted by atomic mass is 35.5. The van der Waals surface area contributed by atoms with Crippen molar-refractivity contribution in [2.75, 3.05) is 18.4 Å². The van der Waals surface area contributed by atoms with E-state index in [4.69, 9.17) is 11.6 Å². The number of benzene rings is 2. The van der Waals surface area contributed by atoms with Gasteiger partial charge in [-0.15, -0.1) is 0 Å². The molecule has 0 saturated carbocycles. The maximum Gasteiger partial charge on any atom is 0.0406 e. The summed E-state index contributed by atoms with van der Waals surface area (Å²) in [6.45, 7) is 4.40. The van der Waals surface area contributed by atoms with Gasteiger partial charge in [-0.1, -0.05) is 35.9 Å². The van der Waals surface area contributed by atoms with Gasteiger partial charge in [-0.25, -0.2) is 0 Å². The molecule has 1 aliphatic heterocycles. The summed E-state index contributed by atoms with van der Waals surface area (Å²) in [5.74, 6) is 0. The van der Waals surface area contributed by atoms with Gasteiger partial charge in [0, 0.05) is 23.8 Å². The Balaban J connectivity index is 1.52. The molecule has 1 heterocycles. The monoisotopic (exact) mass is 300 g/mol. The molecule has 1 aliphatic rings. The fraction of sp³-hybridized carbons (Fsp3) is 0.333. The Hall–Kier alpha value is -1.51. The molecule has 2 aromatic carbocycles. The van der Waals surface area contributed by atoms with Crippen molar-refractivity contribution in [1.29, 1.82) is 0 Å². The maximum atomic E-state index is 5.89. The first-order valence-corrected chi connectivity index (χ1v) is 7.97. The fourth-order valence-electron chi connectivity index (χ4n) is 2.73. The highest BCUT2D eigenvalue weighted by Crippen LogP contribution is 2.16. The summed E-state index contributed by atoms with van der Waals surface area (Å²) in [4.78, 5) is 2.52. The summed E-state index contributed by atoms with van der Waals surface area (Å²) in [7, 11) is 0. The van der Waals surface area contributed by atoms with Crippen molar-refractivity contribution in [3.8, 4) is 0 Å². The van der Waals surface area contributed by atoms with Crippen molar-refractivity contribution in [3.63, 3.8) is 0 Å². The van der Waals surface area contributed by atoms with Crippen LogP contribution in [0, 0.1) is 0 Å². The zero-order chi connectivity index (χ0) is 14.5. The van der Waals surface area contributed by atoms with E-state index in [1.807, 2.05) is 12.1 Å². The van der Waals surface area contributed by atoms with Crippen molar-refractivity contribution in [3.05, 3.63) is 64.7 Å². The zero-order valence-corrected chi connectivity index (χ0v) is 12.9. The van der Waals surface area contributed by atoms with Crippen LogP contribution in [0.3, 0.4) is 0 Å². The van der Waals surface area contributed by atoms with E-state index in [1.165, 1.54) is 37.1 Å². The molecule has 110 valence electrons. The largest absolute Gasteiger partial charge is 0.381 e. The Morgan fingerprint density at radius 1 is 0.857 bits per heavy atom. The van der Waals surface area contributed by atoms with E-state index in [0.29, 0.717) is 0 Å². The second-order valence-corrected chi connectivity index (χ2v) is 6.10. The molecule has 2 nitrogen and oxygen atoms in total. The maximum absolute atomic E-state index is 5.89. The van der Waals surface area contributed by atoms with Crippen LogP contribution in [0.4, 0.5) is 5.69 Å². The number of halogens is 1. The lowest BCUT2D eigenvalue weighted by Gasteiger charge is -2.15. The summed E-state index contributed by atoms with van der Waals surface area (Å²) >= 11 is 5.89. The Kier molecular flexibility index (Phi) is 4.79. The summed E-state index contributed by atoms with van der Waals surface area (Å²) in [6.07, 6.45) is 2.70. The lowest BCUT2D eigenvalue weighted by molar-refractivity contribution is 0.331. The first-order valence-electron chi connectivity index (χ1n) is 7.59. The molecule has 2 aromatic rings. The van der Waals surface area contributed by atoms with Crippen molar-refractivity contribution in [1.82, 2.24) is 4.90 Å². The zero-order valence-electron chi connectivity index (χ0n) is 12.2. The van der Waals surface area contributed by atoms with Crippen LogP contribution in [0.5, 0.6) is 0 Å². The lowest BCUT2D eigenvalue weighted by atomic mass is 10.2. The van der Waals surface area contributed by atoms with E-state index >= 15 is 0 Å². The fourth-order valence-corrected chi connectivity index (χ4v) is 2.86. The molecule has 0 bridgehead atoms. The number of anilines is 1. The van der Waals surface area contributed by atoms with E-state index in [1.54, 1.807) is 0 Å². The van der Waals surface area contributed by atoms with Gasteiger partial charge < -0.3 is 5.32 Å². The van der Waals surface area contributed by atoms with Crippen LogP contribution in [0.1, 0.15) is 24.0 Å². The van der Waals surface area contributed by atoms with Gasteiger partial charge in [-0.3, -0.25) is 4.90 Å². The smallest absolute Gasteiger partial charge is 0.0406 e. The van der Waals surface area contributed by atoms with Gasteiger partial charge in [-0.05, 0) is 61.3 Å². The molecule has 1 fully saturated rings. The first-order chi connectivity index (χ1) is 10.3. The predicted octanol–water partition coefficient (Wildman–Crippen LogP) is 4.55. The third kappa shape index (κ3) is 4.23. The third-order valence-electron chi connectivity index (χ3n) is 3.97. The van der Waals surface area contributed by atoms with Crippen LogP contribution in [-0.4, -0.2) is 18.0 Å². The lowest BCUT2D eigenvalue weighted by Crippen LogP contribution is -2.18. The summed E-state index contributed by atoms with van der Waals surface area (Å²) in [5, 5.41) is 4.23. The quantitative estimate of drug-likeness (QED) is 0.871. The van der Waals surface area contributed by atoms with Crippen LogP contribution < -0.4 is 5.32 Å². The van der Waals surface area contributed by atoms with Crippen molar-refractivity contribution in [2.45, 2.75) is 25.9 Å². The molecule has 21 heavy (non-hydrogen) atoms. The molecule has 0 unspecified atom stereocenters. The standard InChI is InChI=1S/C18H21ClN2/c19-17-7-3-15(4-8-17)13-20-18-9-5-16(6-10-18)14-21-11-1-2-12-21/h3-10,20H,1-2,11-14H2. The summed E-state index contributed by atoms with van der Waals surface area (Å²) < 4.78 is 0. The van der Waals surface area contributed by atoms with E-state index < -0.39 is 0 Å². The van der Waals surface area contributed by atoms with Gasteiger partial charge in [0.05, 0.1) is 0 Å². The summed E-state index contributed by atoms with van der Waals surface area (Å²) in [6, 6.07) is 16.7. The molecule has 3 heteroatoms. The van der Waals surface area contributed by atoms with Gasteiger partial charge in [0.1, 0.15) is 0 Å². The Morgan fingerprint density at radius 3 is 2.14 bits per heavy atom. The number of nitrogens with one attached hydrogen (secondary N) is 1. The second kappa shape index (κ2) is 6.97. The number of hydrogen-bond acceptors (Lipinski definition) is 2. The van der Waals surface area contributed by atoms with E-state index in [0.717, 1.165) is 23.8 Å². The van der Waals surface area contributed by atoms with Crippen molar-refractivity contribution < 1.29 is 0 Å². The van der Waals surface area contributed by atoms with Crippen LogP contribution in [0.2, 0.25) is 5.02 Å². The number of rotatable bonds is 5. The highest BCUT2D eigenvalue weighted by Gasteiger charge is 2.11. The highest BCUT2D eigenvalue weighted by molar-refractivity contribution is 6.30.